The number of amides is 1. The van der Waals surface area contributed by atoms with E-state index in [-0.39, 0.29) is 11.9 Å². The Balaban J connectivity index is 1.19. The highest BCUT2D eigenvalue weighted by atomic mass is 16.5. The molecule has 7 heteroatoms. The molecule has 1 fully saturated rings. The normalized spacial score (nSPS) is 17.7. The first-order valence-corrected chi connectivity index (χ1v) is 12.0. The van der Waals surface area contributed by atoms with Gasteiger partial charge in [-0.3, -0.25) is 4.79 Å². The lowest BCUT2D eigenvalue weighted by atomic mass is 9.85. The maximum atomic E-state index is 13.1. The molecule has 2 aromatic heterocycles. The van der Waals surface area contributed by atoms with E-state index in [1.807, 2.05) is 37.3 Å². The van der Waals surface area contributed by atoms with Crippen LogP contribution in [-0.2, 0) is 6.42 Å². The van der Waals surface area contributed by atoms with Gasteiger partial charge in [-0.15, -0.1) is 0 Å². The average Bonchev–Trinajstić information content (AvgIpc) is 3.45. The fourth-order valence-corrected chi connectivity index (χ4v) is 4.89. The number of rotatable bonds is 5. The van der Waals surface area contributed by atoms with Gasteiger partial charge in [0.25, 0.3) is 5.91 Å². The van der Waals surface area contributed by atoms with Gasteiger partial charge in [0.2, 0.25) is 11.7 Å². The fraction of sp³-hybridized carbons (Fsp3) is 0.333. The molecule has 2 aliphatic rings. The van der Waals surface area contributed by atoms with E-state index in [0.29, 0.717) is 23.0 Å². The van der Waals surface area contributed by atoms with Crippen LogP contribution in [0.25, 0.3) is 17.1 Å². The Hall–Kier alpha value is -3.74. The van der Waals surface area contributed by atoms with Gasteiger partial charge in [-0.2, -0.15) is 10.1 Å². The topological polar surface area (TPSA) is 85.8 Å². The summed E-state index contributed by atoms with van der Waals surface area (Å²) in [7, 11) is 0. The van der Waals surface area contributed by atoms with Gasteiger partial charge in [-0.05, 0) is 74.4 Å². The van der Waals surface area contributed by atoms with E-state index in [9.17, 15) is 4.79 Å². The molecule has 2 aromatic carbocycles. The molecule has 2 aliphatic carbocycles. The van der Waals surface area contributed by atoms with E-state index in [0.717, 1.165) is 49.2 Å². The van der Waals surface area contributed by atoms with Crippen molar-refractivity contribution in [2.24, 2.45) is 0 Å². The summed E-state index contributed by atoms with van der Waals surface area (Å²) in [6, 6.07) is 16.3. The lowest BCUT2D eigenvalue weighted by Gasteiger charge is -2.26. The Kier molecular flexibility index (Phi) is 5.24. The Morgan fingerprint density at radius 3 is 2.68 bits per heavy atom. The maximum Gasteiger partial charge on any atom is 0.255 e. The molecule has 2 heterocycles. The third kappa shape index (κ3) is 3.81. The van der Waals surface area contributed by atoms with Crippen LogP contribution in [0.15, 0.2) is 59.3 Å². The van der Waals surface area contributed by atoms with Gasteiger partial charge < -0.3 is 9.84 Å². The summed E-state index contributed by atoms with van der Waals surface area (Å²) in [5, 5.41) is 12.0. The minimum absolute atomic E-state index is 0.0410. The first kappa shape index (κ1) is 20.8. The molecule has 34 heavy (non-hydrogen) atoms. The number of aromatic nitrogens is 4. The summed E-state index contributed by atoms with van der Waals surface area (Å²) in [6.45, 7) is 1.87. The first-order chi connectivity index (χ1) is 16.7. The fourth-order valence-electron chi connectivity index (χ4n) is 4.89. The monoisotopic (exact) mass is 453 g/mol. The van der Waals surface area contributed by atoms with Crippen LogP contribution in [0.1, 0.15) is 77.1 Å². The number of nitrogens with one attached hydrogen (secondary N) is 1. The molecular weight excluding hydrogens is 426 g/mol. The predicted octanol–water partition coefficient (Wildman–Crippen LogP) is 5.31. The zero-order valence-electron chi connectivity index (χ0n) is 19.2. The molecule has 1 atom stereocenters. The van der Waals surface area contributed by atoms with Gasteiger partial charge in [0.05, 0.1) is 23.0 Å². The maximum absolute atomic E-state index is 13.1. The van der Waals surface area contributed by atoms with Gasteiger partial charge in [-0.25, -0.2) is 4.68 Å². The van der Waals surface area contributed by atoms with Crippen LogP contribution in [0.2, 0.25) is 0 Å². The minimum atomic E-state index is -0.0857. The third-order valence-electron chi connectivity index (χ3n) is 7.10. The van der Waals surface area contributed by atoms with Crippen LogP contribution in [-0.4, -0.2) is 25.8 Å². The Labute approximate surface area is 198 Å². The summed E-state index contributed by atoms with van der Waals surface area (Å²) in [5.41, 5.74) is 5.62. The molecular formula is C27H27N5O2. The van der Waals surface area contributed by atoms with Gasteiger partial charge in [-0.1, -0.05) is 35.8 Å². The van der Waals surface area contributed by atoms with Crippen molar-refractivity contribution < 1.29 is 9.32 Å². The SMILES string of the molecule is Cc1nn(-c2ccc(-c3noc(C4CCC4)n3)cc2)cc1C(=O)NC1CCCc2ccccc21. The highest BCUT2D eigenvalue weighted by Crippen LogP contribution is 2.36. The molecule has 1 amide bonds. The van der Waals surface area contributed by atoms with Gasteiger partial charge in [0, 0.05) is 17.7 Å². The molecule has 4 aromatic rings. The van der Waals surface area contributed by atoms with E-state index >= 15 is 0 Å². The van der Waals surface area contributed by atoms with E-state index in [4.69, 9.17) is 4.52 Å². The number of aryl methyl sites for hydroxylation is 2. The number of hydrogen-bond acceptors (Lipinski definition) is 5. The average molecular weight is 454 g/mol. The largest absolute Gasteiger partial charge is 0.345 e. The van der Waals surface area contributed by atoms with Gasteiger partial charge in [0.1, 0.15) is 0 Å². The lowest BCUT2D eigenvalue weighted by Crippen LogP contribution is -2.31. The van der Waals surface area contributed by atoms with Crippen LogP contribution in [0.3, 0.4) is 0 Å². The smallest absolute Gasteiger partial charge is 0.255 e. The van der Waals surface area contributed by atoms with E-state index in [1.54, 1.807) is 10.9 Å². The minimum Gasteiger partial charge on any atom is -0.345 e. The molecule has 6 rings (SSSR count). The van der Waals surface area contributed by atoms with Crippen molar-refractivity contribution in [1.29, 1.82) is 0 Å². The van der Waals surface area contributed by atoms with Crippen molar-refractivity contribution in [2.45, 2.75) is 57.4 Å². The zero-order valence-corrected chi connectivity index (χ0v) is 19.2. The summed E-state index contributed by atoms with van der Waals surface area (Å²) < 4.78 is 7.19. The van der Waals surface area contributed by atoms with Crippen LogP contribution in [0, 0.1) is 6.92 Å². The van der Waals surface area contributed by atoms with E-state index in [1.165, 1.54) is 17.5 Å². The van der Waals surface area contributed by atoms with E-state index < -0.39 is 0 Å². The molecule has 0 bridgehead atoms. The van der Waals surface area contributed by atoms with Crippen LogP contribution >= 0.6 is 0 Å². The molecule has 172 valence electrons. The quantitative estimate of drug-likeness (QED) is 0.443. The van der Waals surface area contributed by atoms with E-state index in [2.05, 4.69) is 38.8 Å². The van der Waals surface area contributed by atoms with Crippen molar-refractivity contribution in [3.8, 4) is 17.1 Å². The lowest BCUT2D eigenvalue weighted by molar-refractivity contribution is 0.0932. The number of hydrogen-bond donors (Lipinski definition) is 1. The second-order valence-electron chi connectivity index (χ2n) is 9.32. The van der Waals surface area contributed by atoms with Crippen LogP contribution in [0.5, 0.6) is 0 Å². The molecule has 7 nitrogen and oxygen atoms in total. The highest BCUT2D eigenvalue weighted by Gasteiger charge is 2.26. The Bertz CT molecular complexity index is 1330. The molecule has 1 N–H and O–H groups in total. The predicted molar refractivity (Wildman–Crippen MR) is 128 cm³/mol. The van der Waals surface area contributed by atoms with Crippen LogP contribution in [0.4, 0.5) is 0 Å². The summed E-state index contributed by atoms with van der Waals surface area (Å²) in [5.74, 6) is 1.68. The molecule has 0 radical (unpaired) electrons. The number of carbonyl (C=O) groups excluding carboxylic acids is 1. The third-order valence-corrected chi connectivity index (χ3v) is 7.10. The molecule has 0 aliphatic heterocycles. The molecule has 1 unspecified atom stereocenters. The molecule has 1 saturated carbocycles. The first-order valence-electron chi connectivity index (χ1n) is 12.0. The zero-order chi connectivity index (χ0) is 23.1. The number of fused-ring (bicyclic) bond motifs is 1. The highest BCUT2D eigenvalue weighted by molar-refractivity contribution is 5.95. The van der Waals surface area contributed by atoms with Crippen molar-refractivity contribution in [2.75, 3.05) is 0 Å². The molecule has 0 saturated heterocycles. The Morgan fingerprint density at radius 1 is 1.06 bits per heavy atom. The number of carbonyl (C=O) groups is 1. The van der Waals surface area contributed by atoms with Gasteiger partial charge >= 0.3 is 0 Å². The van der Waals surface area contributed by atoms with Crippen molar-refractivity contribution >= 4 is 5.91 Å². The summed E-state index contributed by atoms with van der Waals surface area (Å²) in [6.07, 6.45) is 8.39. The Morgan fingerprint density at radius 2 is 1.88 bits per heavy atom. The summed E-state index contributed by atoms with van der Waals surface area (Å²) >= 11 is 0. The molecule has 0 spiro atoms. The number of nitrogens with zero attached hydrogens (tertiary/aromatic N) is 4. The van der Waals surface area contributed by atoms with Crippen LogP contribution < -0.4 is 5.32 Å². The second-order valence-corrected chi connectivity index (χ2v) is 9.32. The van der Waals surface area contributed by atoms with Crippen molar-refractivity contribution in [3.63, 3.8) is 0 Å². The van der Waals surface area contributed by atoms with Crippen molar-refractivity contribution in [1.82, 2.24) is 25.2 Å². The second kappa shape index (κ2) is 8.56. The number of benzene rings is 2. The van der Waals surface area contributed by atoms with Crippen molar-refractivity contribution in [3.05, 3.63) is 83.0 Å². The standard InChI is InChI=1S/C27H27N5O2/c1-17-23(26(33)28-24-11-5-7-18-6-2-3-10-22(18)24)16-32(30-17)21-14-12-19(13-15-21)25-29-27(34-31-25)20-8-4-9-20/h2-3,6,10,12-16,20,24H,4-5,7-9,11H2,1H3,(H,28,33). The van der Waals surface area contributed by atoms with Gasteiger partial charge in [0.15, 0.2) is 0 Å². The summed E-state index contributed by atoms with van der Waals surface area (Å²) in [4.78, 5) is 17.7.